The van der Waals surface area contributed by atoms with Crippen LogP contribution < -0.4 is 5.32 Å². The van der Waals surface area contributed by atoms with Crippen LogP contribution in [-0.2, 0) is 0 Å². The number of aromatic nitrogens is 3. The number of pyridine rings is 1. The first kappa shape index (κ1) is 8.43. The Bertz CT molecular complexity index is 410. The number of carbonyl (C=O) groups excluding carboxylic acids is 1. The molecule has 0 spiro atoms. The number of anilines is 1. The minimum Gasteiger partial charge on any atom is -0.306 e. The fourth-order valence-electron chi connectivity index (χ4n) is 1.00. The quantitative estimate of drug-likeness (QED) is 0.735. The number of carbonyl (C=O) groups is 1. The molecule has 0 saturated carbocycles. The molecule has 0 fully saturated rings. The van der Waals surface area contributed by atoms with E-state index in [-0.39, 0.29) is 6.03 Å². The fraction of sp³-hybridized carbons (Fsp3) is 0. The van der Waals surface area contributed by atoms with Crippen molar-refractivity contribution < 1.29 is 4.79 Å². The zero-order valence-electron chi connectivity index (χ0n) is 7.29. The number of hydrogen-bond acceptors (Lipinski definition) is 3. The molecule has 2 heterocycles. The Labute approximate surface area is 80.4 Å². The lowest BCUT2D eigenvalue weighted by Crippen LogP contribution is -2.19. The van der Waals surface area contributed by atoms with Gasteiger partial charge in [0, 0.05) is 30.5 Å². The lowest BCUT2D eigenvalue weighted by molar-refractivity contribution is 0.251. The minimum absolute atomic E-state index is 0.291. The van der Waals surface area contributed by atoms with Crippen molar-refractivity contribution in [3.8, 4) is 0 Å². The Morgan fingerprint density at radius 1 is 1.29 bits per heavy atom. The molecule has 0 aliphatic carbocycles. The smallest absolute Gasteiger partial charge is 0.306 e. The standard InChI is InChI=1S/C9H8N4O/c14-9(13-7-1-4-11-13)12-8-2-5-10-6-3-8/h1-7H,(H,10,12,14). The van der Waals surface area contributed by atoms with Gasteiger partial charge in [0.15, 0.2) is 0 Å². The molecule has 0 saturated heterocycles. The summed E-state index contributed by atoms with van der Waals surface area (Å²) in [5.74, 6) is 0. The Morgan fingerprint density at radius 2 is 2.07 bits per heavy atom. The Balaban J connectivity index is 2.10. The van der Waals surface area contributed by atoms with E-state index in [0.717, 1.165) is 0 Å². The maximum absolute atomic E-state index is 11.4. The van der Waals surface area contributed by atoms with Crippen molar-refractivity contribution in [3.63, 3.8) is 0 Å². The number of nitrogens with one attached hydrogen (secondary N) is 1. The van der Waals surface area contributed by atoms with Crippen molar-refractivity contribution in [2.24, 2.45) is 0 Å². The first-order valence-electron chi connectivity index (χ1n) is 4.07. The maximum atomic E-state index is 11.4. The summed E-state index contributed by atoms with van der Waals surface area (Å²) in [7, 11) is 0. The predicted octanol–water partition coefficient (Wildman–Crippen LogP) is 1.36. The van der Waals surface area contributed by atoms with Crippen LogP contribution in [0.2, 0.25) is 0 Å². The van der Waals surface area contributed by atoms with Crippen LogP contribution in [0.25, 0.3) is 0 Å². The monoisotopic (exact) mass is 188 g/mol. The van der Waals surface area contributed by atoms with Crippen LogP contribution in [0, 0.1) is 0 Å². The van der Waals surface area contributed by atoms with Gasteiger partial charge in [-0.2, -0.15) is 9.78 Å². The first-order valence-corrected chi connectivity index (χ1v) is 4.07. The largest absolute Gasteiger partial charge is 0.346 e. The second kappa shape index (κ2) is 3.69. The molecule has 1 amide bonds. The van der Waals surface area contributed by atoms with Crippen molar-refractivity contribution in [2.75, 3.05) is 5.32 Å². The molecule has 70 valence electrons. The van der Waals surface area contributed by atoms with Gasteiger partial charge in [-0.3, -0.25) is 4.98 Å². The van der Waals surface area contributed by atoms with Gasteiger partial charge in [-0.05, 0) is 18.2 Å². The van der Waals surface area contributed by atoms with Gasteiger partial charge < -0.3 is 5.32 Å². The van der Waals surface area contributed by atoms with E-state index in [4.69, 9.17) is 0 Å². The Morgan fingerprint density at radius 3 is 2.71 bits per heavy atom. The Hall–Kier alpha value is -2.17. The van der Waals surface area contributed by atoms with Gasteiger partial charge in [0.2, 0.25) is 0 Å². The van der Waals surface area contributed by atoms with E-state index in [0.29, 0.717) is 5.69 Å². The summed E-state index contributed by atoms with van der Waals surface area (Å²) in [6.45, 7) is 0. The fourth-order valence-corrected chi connectivity index (χ4v) is 1.00. The van der Waals surface area contributed by atoms with Gasteiger partial charge in [0.25, 0.3) is 0 Å². The molecule has 0 unspecified atom stereocenters. The van der Waals surface area contributed by atoms with Crippen molar-refractivity contribution in [2.45, 2.75) is 0 Å². The van der Waals surface area contributed by atoms with Crippen LogP contribution >= 0.6 is 0 Å². The minimum atomic E-state index is -0.291. The van der Waals surface area contributed by atoms with E-state index in [1.165, 1.54) is 4.68 Å². The normalized spacial score (nSPS) is 9.71. The van der Waals surface area contributed by atoms with E-state index < -0.39 is 0 Å². The molecule has 2 rings (SSSR count). The molecule has 0 aliphatic rings. The lowest BCUT2D eigenvalue weighted by Gasteiger charge is -2.02. The van der Waals surface area contributed by atoms with Gasteiger partial charge in [0.05, 0.1) is 0 Å². The van der Waals surface area contributed by atoms with Crippen molar-refractivity contribution in [1.82, 2.24) is 14.8 Å². The third-order valence-electron chi connectivity index (χ3n) is 1.64. The van der Waals surface area contributed by atoms with Crippen LogP contribution in [0.15, 0.2) is 43.0 Å². The lowest BCUT2D eigenvalue weighted by atomic mass is 10.4. The van der Waals surface area contributed by atoms with Crippen LogP contribution in [-0.4, -0.2) is 20.8 Å². The molecule has 0 bridgehead atoms. The second-order valence-electron chi connectivity index (χ2n) is 2.62. The molecule has 5 nitrogen and oxygen atoms in total. The molecule has 0 aliphatic heterocycles. The van der Waals surface area contributed by atoms with E-state index >= 15 is 0 Å². The zero-order chi connectivity index (χ0) is 9.80. The molecule has 2 aromatic rings. The van der Waals surface area contributed by atoms with E-state index in [9.17, 15) is 4.79 Å². The average Bonchev–Trinajstić information content (AvgIpc) is 2.72. The van der Waals surface area contributed by atoms with Crippen LogP contribution in [0.4, 0.5) is 10.5 Å². The average molecular weight is 188 g/mol. The summed E-state index contributed by atoms with van der Waals surface area (Å²) < 4.78 is 1.22. The highest BCUT2D eigenvalue weighted by Crippen LogP contribution is 2.03. The van der Waals surface area contributed by atoms with Crippen LogP contribution in [0.1, 0.15) is 0 Å². The van der Waals surface area contributed by atoms with Crippen molar-refractivity contribution in [3.05, 3.63) is 43.0 Å². The van der Waals surface area contributed by atoms with Gasteiger partial charge >= 0.3 is 6.03 Å². The molecule has 14 heavy (non-hydrogen) atoms. The van der Waals surface area contributed by atoms with E-state index in [1.54, 1.807) is 43.0 Å². The summed E-state index contributed by atoms with van der Waals surface area (Å²) >= 11 is 0. The molecular weight excluding hydrogens is 180 g/mol. The summed E-state index contributed by atoms with van der Waals surface area (Å²) in [5, 5.41) is 6.47. The molecule has 0 atom stereocenters. The SMILES string of the molecule is O=C(Nc1ccncc1)n1cccn1. The van der Waals surface area contributed by atoms with Crippen molar-refractivity contribution in [1.29, 1.82) is 0 Å². The topological polar surface area (TPSA) is 59.8 Å². The third kappa shape index (κ3) is 1.77. The maximum Gasteiger partial charge on any atom is 0.346 e. The van der Waals surface area contributed by atoms with Gasteiger partial charge in [-0.1, -0.05) is 0 Å². The predicted molar refractivity (Wildman–Crippen MR) is 50.9 cm³/mol. The van der Waals surface area contributed by atoms with Crippen molar-refractivity contribution >= 4 is 11.7 Å². The third-order valence-corrected chi connectivity index (χ3v) is 1.64. The summed E-state index contributed by atoms with van der Waals surface area (Å²) in [5.41, 5.74) is 0.695. The molecule has 1 N–H and O–H groups in total. The molecule has 0 aromatic carbocycles. The molecule has 5 heteroatoms. The summed E-state index contributed by atoms with van der Waals surface area (Å²) in [6, 6.07) is 4.82. The molecular formula is C9H8N4O. The highest BCUT2D eigenvalue weighted by Gasteiger charge is 2.03. The van der Waals surface area contributed by atoms with Crippen LogP contribution in [0.5, 0.6) is 0 Å². The highest BCUT2D eigenvalue weighted by molar-refractivity contribution is 5.90. The number of rotatable bonds is 1. The first-order chi connectivity index (χ1) is 6.86. The molecule has 0 radical (unpaired) electrons. The van der Waals surface area contributed by atoms with E-state index in [2.05, 4.69) is 15.4 Å². The summed E-state index contributed by atoms with van der Waals surface area (Å²) in [4.78, 5) is 15.3. The number of nitrogens with zero attached hydrogens (tertiary/aromatic N) is 3. The van der Waals surface area contributed by atoms with Gasteiger partial charge in [-0.25, -0.2) is 4.79 Å². The number of amides is 1. The Kier molecular flexibility index (Phi) is 2.22. The highest BCUT2D eigenvalue weighted by atomic mass is 16.2. The second-order valence-corrected chi connectivity index (χ2v) is 2.62. The summed E-state index contributed by atoms with van der Waals surface area (Å²) in [6.07, 6.45) is 6.35. The van der Waals surface area contributed by atoms with Gasteiger partial charge in [-0.15, -0.1) is 0 Å². The van der Waals surface area contributed by atoms with Crippen LogP contribution in [0.3, 0.4) is 0 Å². The van der Waals surface area contributed by atoms with E-state index in [1.807, 2.05) is 0 Å². The zero-order valence-corrected chi connectivity index (χ0v) is 7.29. The molecule has 2 aromatic heterocycles. The number of hydrogen-bond donors (Lipinski definition) is 1. The van der Waals surface area contributed by atoms with Gasteiger partial charge in [0.1, 0.15) is 0 Å².